The Morgan fingerprint density at radius 1 is 1.38 bits per heavy atom. The van der Waals surface area contributed by atoms with Crippen LogP contribution in [0.1, 0.15) is 19.5 Å². The maximum absolute atomic E-state index is 12.5. The molecule has 0 spiro atoms. The number of hydrogen-bond donors (Lipinski definition) is 1. The third-order valence-corrected chi connectivity index (χ3v) is 6.41. The fraction of sp³-hybridized carbons (Fsp3) is 0.750. The molecule has 0 bridgehead atoms. The summed E-state index contributed by atoms with van der Waals surface area (Å²) in [6, 6.07) is 2.07. The van der Waals surface area contributed by atoms with Crippen LogP contribution < -0.4 is 5.32 Å². The molecular formula is C16H30N6O3S. The van der Waals surface area contributed by atoms with Crippen molar-refractivity contribution in [3.63, 3.8) is 0 Å². The van der Waals surface area contributed by atoms with Crippen molar-refractivity contribution in [2.45, 2.75) is 25.6 Å². The second kappa shape index (κ2) is 9.33. The largest absolute Gasteiger partial charge is 0.364 e. The number of likely N-dealkylation sites (N-methyl/N-ethyl adjacent to an activating group) is 1. The number of aliphatic imine (C=N–C) groups is 1. The maximum atomic E-state index is 12.5. The summed E-state index contributed by atoms with van der Waals surface area (Å²) in [5.74, 6) is 0.688. The van der Waals surface area contributed by atoms with Crippen molar-refractivity contribution in [2.75, 3.05) is 53.4 Å². The van der Waals surface area contributed by atoms with Gasteiger partial charge in [0.1, 0.15) is 12.0 Å². The minimum atomic E-state index is -3.38. The van der Waals surface area contributed by atoms with Gasteiger partial charge in [-0.05, 0) is 20.9 Å². The first kappa shape index (κ1) is 20.7. The Kier molecular flexibility index (Phi) is 7.42. The molecule has 0 amide bonds. The third kappa shape index (κ3) is 5.68. The van der Waals surface area contributed by atoms with Crippen LogP contribution in [0.2, 0.25) is 0 Å². The van der Waals surface area contributed by atoms with Gasteiger partial charge in [0.25, 0.3) is 0 Å². The van der Waals surface area contributed by atoms with E-state index in [0.717, 1.165) is 19.0 Å². The third-order valence-electron chi connectivity index (χ3n) is 4.59. The second-order valence-corrected chi connectivity index (χ2v) is 8.65. The van der Waals surface area contributed by atoms with Crippen molar-refractivity contribution in [2.24, 2.45) is 4.99 Å². The smallest absolute Gasteiger partial charge is 0.220 e. The van der Waals surface area contributed by atoms with Crippen molar-refractivity contribution in [1.29, 1.82) is 0 Å². The van der Waals surface area contributed by atoms with Gasteiger partial charge in [0.05, 0.1) is 5.69 Å². The molecule has 1 fully saturated rings. The molecule has 1 aliphatic heterocycles. The molecule has 1 aromatic rings. The van der Waals surface area contributed by atoms with Gasteiger partial charge in [-0.3, -0.25) is 4.99 Å². The average molecular weight is 387 g/mol. The van der Waals surface area contributed by atoms with E-state index < -0.39 is 10.0 Å². The van der Waals surface area contributed by atoms with Gasteiger partial charge < -0.3 is 19.6 Å². The van der Waals surface area contributed by atoms with Crippen LogP contribution in [0.4, 0.5) is 0 Å². The molecule has 1 aliphatic rings. The molecule has 1 saturated heterocycles. The molecule has 2 heterocycles. The van der Waals surface area contributed by atoms with Crippen molar-refractivity contribution < 1.29 is 12.9 Å². The fourth-order valence-corrected chi connectivity index (χ4v) is 4.13. The minimum Gasteiger partial charge on any atom is -0.364 e. The topological polar surface area (TPSA) is 94.3 Å². The Balaban J connectivity index is 1.82. The highest BCUT2D eigenvalue weighted by atomic mass is 32.2. The number of hydrogen-bond acceptors (Lipinski definition) is 6. The Labute approximate surface area is 156 Å². The zero-order chi connectivity index (χ0) is 19.2. The van der Waals surface area contributed by atoms with Crippen LogP contribution in [0.3, 0.4) is 0 Å². The van der Waals surface area contributed by atoms with E-state index in [0.29, 0.717) is 37.9 Å². The first-order valence-electron chi connectivity index (χ1n) is 8.86. The molecule has 2 rings (SSSR count). The van der Waals surface area contributed by atoms with Crippen LogP contribution >= 0.6 is 0 Å². The molecule has 0 saturated carbocycles. The predicted molar refractivity (Wildman–Crippen MR) is 101 cm³/mol. The first-order valence-corrected chi connectivity index (χ1v) is 10.5. The molecule has 0 aliphatic carbocycles. The quantitative estimate of drug-likeness (QED) is 0.522. The van der Waals surface area contributed by atoms with Crippen molar-refractivity contribution in [1.82, 2.24) is 24.6 Å². The SMILES string of the molecule is CN=C(NCCN(C)C(C)C)N1CCN(S(=O)(=O)Cc2ccon2)CC1. The van der Waals surface area contributed by atoms with Crippen molar-refractivity contribution in [3.05, 3.63) is 18.0 Å². The van der Waals surface area contributed by atoms with E-state index in [9.17, 15) is 8.42 Å². The number of nitrogens with one attached hydrogen (secondary N) is 1. The number of rotatable bonds is 7. The molecule has 0 radical (unpaired) electrons. The number of nitrogens with zero attached hydrogens (tertiary/aromatic N) is 5. The molecule has 9 nitrogen and oxygen atoms in total. The van der Waals surface area contributed by atoms with Gasteiger partial charge in [-0.1, -0.05) is 5.16 Å². The molecule has 1 N–H and O–H groups in total. The summed E-state index contributed by atoms with van der Waals surface area (Å²) >= 11 is 0. The summed E-state index contributed by atoms with van der Waals surface area (Å²) in [7, 11) is 0.460. The lowest BCUT2D eigenvalue weighted by molar-refractivity contribution is 0.254. The van der Waals surface area contributed by atoms with E-state index in [1.165, 1.54) is 10.6 Å². The lowest BCUT2D eigenvalue weighted by Crippen LogP contribution is -2.54. The van der Waals surface area contributed by atoms with Gasteiger partial charge in [-0.25, -0.2) is 8.42 Å². The minimum absolute atomic E-state index is 0.127. The molecule has 0 unspecified atom stereocenters. The Hall–Kier alpha value is -1.65. The summed E-state index contributed by atoms with van der Waals surface area (Å²) in [4.78, 5) is 8.68. The zero-order valence-corrected chi connectivity index (χ0v) is 16.9. The lowest BCUT2D eigenvalue weighted by atomic mass is 10.3. The molecule has 26 heavy (non-hydrogen) atoms. The van der Waals surface area contributed by atoms with Gasteiger partial charge in [0.15, 0.2) is 5.96 Å². The van der Waals surface area contributed by atoms with Gasteiger partial charge in [0.2, 0.25) is 10.0 Å². The Morgan fingerprint density at radius 2 is 2.08 bits per heavy atom. The highest BCUT2D eigenvalue weighted by molar-refractivity contribution is 7.88. The Morgan fingerprint density at radius 3 is 2.62 bits per heavy atom. The van der Waals surface area contributed by atoms with E-state index >= 15 is 0 Å². The number of guanidine groups is 1. The van der Waals surface area contributed by atoms with E-state index in [-0.39, 0.29) is 5.75 Å². The average Bonchev–Trinajstić information content (AvgIpc) is 3.11. The van der Waals surface area contributed by atoms with Gasteiger partial charge >= 0.3 is 0 Å². The van der Waals surface area contributed by atoms with Gasteiger partial charge in [-0.15, -0.1) is 0 Å². The Bertz CT molecular complexity index is 666. The number of aromatic nitrogens is 1. The monoisotopic (exact) mass is 386 g/mol. The second-order valence-electron chi connectivity index (χ2n) is 6.68. The fourth-order valence-electron chi connectivity index (χ4n) is 2.70. The summed E-state index contributed by atoms with van der Waals surface area (Å²) in [5, 5.41) is 7.05. The highest BCUT2D eigenvalue weighted by Crippen LogP contribution is 2.12. The van der Waals surface area contributed by atoms with Crippen LogP contribution in [-0.2, 0) is 15.8 Å². The zero-order valence-electron chi connectivity index (χ0n) is 16.1. The first-order chi connectivity index (χ1) is 12.3. The van der Waals surface area contributed by atoms with Crippen LogP contribution in [-0.4, -0.2) is 93.0 Å². The maximum Gasteiger partial charge on any atom is 0.220 e. The van der Waals surface area contributed by atoms with E-state index in [2.05, 4.69) is 46.2 Å². The van der Waals surface area contributed by atoms with Crippen LogP contribution in [0.15, 0.2) is 21.8 Å². The summed E-state index contributed by atoms with van der Waals surface area (Å²) in [6.07, 6.45) is 1.38. The van der Waals surface area contributed by atoms with Crippen LogP contribution in [0.25, 0.3) is 0 Å². The van der Waals surface area contributed by atoms with Gasteiger partial charge in [0, 0.05) is 58.4 Å². The highest BCUT2D eigenvalue weighted by Gasteiger charge is 2.28. The summed E-state index contributed by atoms with van der Waals surface area (Å²) in [5.41, 5.74) is 0.430. The molecule has 0 aromatic carbocycles. The predicted octanol–water partition coefficient (Wildman–Crippen LogP) is 0.0376. The van der Waals surface area contributed by atoms with Crippen molar-refractivity contribution >= 4 is 16.0 Å². The summed E-state index contributed by atoms with van der Waals surface area (Å²) < 4.78 is 31.2. The molecule has 1 aromatic heterocycles. The van der Waals surface area contributed by atoms with E-state index in [1.807, 2.05) is 0 Å². The molecule has 148 valence electrons. The molecular weight excluding hydrogens is 356 g/mol. The number of piperazine rings is 1. The van der Waals surface area contributed by atoms with E-state index in [4.69, 9.17) is 4.52 Å². The number of sulfonamides is 1. The van der Waals surface area contributed by atoms with Crippen LogP contribution in [0.5, 0.6) is 0 Å². The standard InChI is InChI=1S/C16H30N6O3S/c1-14(2)20(4)7-6-18-16(17-3)21-8-10-22(11-9-21)26(23,24)13-15-5-12-25-19-15/h5,12,14H,6-11,13H2,1-4H3,(H,17,18). The normalized spacial score (nSPS) is 17.3. The van der Waals surface area contributed by atoms with Crippen molar-refractivity contribution in [3.8, 4) is 0 Å². The van der Waals surface area contributed by atoms with Gasteiger partial charge in [-0.2, -0.15) is 4.31 Å². The summed E-state index contributed by atoms with van der Waals surface area (Å²) in [6.45, 7) is 8.13. The lowest BCUT2D eigenvalue weighted by Gasteiger charge is -2.36. The van der Waals surface area contributed by atoms with Crippen LogP contribution in [0, 0.1) is 0 Å². The van der Waals surface area contributed by atoms with E-state index in [1.54, 1.807) is 13.1 Å². The molecule has 0 atom stereocenters. The molecule has 10 heteroatoms.